The van der Waals surface area contributed by atoms with Crippen LogP contribution in [0.15, 0.2) is 54.6 Å². The smallest absolute Gasteiger partial charge is 0.0845 e. The second-order valence-electron chi connectivity index (χ2n) is 6.24. The van der Waals surface area contributed by atoms with Crippen molar-refractivity contribution in [2.75, 3.05) is 5.75 Å². The Morgan fingerprint density at radius 3 is 2.32 bits per heavy atom. The van der Waals surface area contributed by atoms with E-state index in [2.05, 4.69) is 88.0 Å². The van der Waals surface area contributed by atoms with Gasteiger partial charge in [-0.05, 0) is 22.3 Å². The maximum Gasteiger partial charge on any atom is 0.0845 e. The van der Waals surface area contributed by atoms with E-state index < -0.39 is 8.80 Å². The monoisotopic (exact) mass is 288 g/mol. The molecule has 1 aliphatic rings. The second kappa shape index (κ2) is 6.15. The molecule has 2 heteroatoms. The van der Waals surface area contributed by atoms with E-state index >= 15 is 0 Å². The van der Waals surface area contributed by atoms with E-state index in [-0.39, 0.29) is 0 Å². The molecule has 0 nitrogen and oxygen atoms in total. The third kappa shape index (κ3) is 3.24. The highest BCUT2D eigenvalue weighted by Crippen LogP contribution is 2.41. The highest BCUT2D eigenvalue weighted by atomic mass is 32.1. The van der Waals surface area contributed by atoms with Crippen molar-refractivity contribution in [3.63, 3.8) is 0 Å². The molecule has 0 heterocycles. The molecule has 2 rings (SSSR count). The van der Waals surface area contributed by atoms with Crippen LogP contribution >= 0.6 is 12.6 Å². The lowest BCUT2D eigenvalue weighted by molar-refractivity contribution is 0.671. The third-order valence-corrected chi connectivity index (χ3v) is 10.0. The maximum absolute atomic E-state index is 4.63. The molecule has 0 aliphatic heterocycles. The molecule has 0 N–H and O–H groups in total. The fraction of sp³-hybridized carbons (Fsp3) is 0.412. The Labute approximate surface area is 124 Å². The van der Waals surface area contributed by atoms with E-state index in [9.17, 15) is 0 Å². The van der Waals surface area contributed by atoms with Crippen LogP contribution in [0.2, 0.25) is 10.6 Å². The van der Waals surface area contributed by atoms with Crippen LogP contribution in [-0.4, -0.2) is 14.5 Å². The van der Waals surface area contributed by atoms with E-state index in [1.807, 2.05) is 0 Å². The van der Waals surface area contributed by atoms with Crippen molar-refractivity contribution in [3.8, 4) is 0 Å². The van der Waals surface area contributed by atoms with E-state index in [0.29, 0.717) is 16.5 Å². The average Bonchev–Trinajstić information content (AvgIpc) is 2.42. The fourth-order valence-electron chi connectivity index (χ4n) is 3.10. The lowest BCUT2D eigenvalue weighted by Crippen LogP contribution is -2.46. The van der Waals surface area contributed by atoms with Crippen molar-refractivity contribution in [3.05, 3.63) is 54.6 Å². The minimum absolute atomic E-state index is 0.318. The summed E-state index contributed by atoms with van der Waals surface area (Å²) in [6.07, 6.45) is 9.19. The molecule has 1 aromatic rings. The van der Waals surface area contributed by atoms with Gasteiger partial charge in [-0.15, -0.1) is 0 Å². The molecular weight excluding hydrogens is 264 g/mol. The van der Waals surface area contributed by atoms with Gasteiger partial charge in [-0.2, -0.15) is 12.6 Å². The van der Waals surface area contributed by atoms with Gasteiger partial charge in [-0.25, -0.2) is 0 Å². The summed E-state index contributed by atoms with van der Waals surface area (Å²) in [6, 6.07) is 11.1. The normalized spacial score (nSPS) is 24.4. The molecule has 0 saturated carbocycles. The number of hydrogen-bond acceptors (Lipinski definition) is 1. The Morgan fingerprint density at radius 2 is 1.74 bits per heavy atom. The first kappa shape index (κ1) is 14.7. The van der Waals surface area contributed by atoms with Gasteiger partial charge in [0.05, 0.1) is 8.80 Å². The van der Waals surface area contributed by atoms with Crippen molar-refractivity contribution in [1.29, 1.82) is 0 Å². The van der Waals surface area contributed by atoms with Crippen molar-refractivity contribution in [1.82, 2.24) is 0 Å². The number of thiol groups is 1. The zero-order chi connectivity index (χ0) is 13.9. The second-order valence-corrected chi connectivity index (χ2v) is 10.5. The van der Waals surface area contributed by atoms with Crippen LogP contribution in [0.3, 0.4) is 0 Å². The van der Waals surface area contributed by atoms with Crippen LogP contribution in [0.4, 0.5) is 0 Å². The highest BCUT2D eigenvalue weighted by Gasteiger charge is 2.38. The van der Waals surface area contributed by atoms with E-state index in [4.69, 9.17) is 0 Å². The van der Waals surface area contributed by atoms with Crippen molar-refractivity contribution in [2.24, 2.45) is 5.92 Å². The molecule has 1 aromatic carbocycles. The molecule has 1 aliphatic carbocycles. The molecule has 19 heavy (non-hydrogen) atoms. The highest BCUT2D eigenvalue weighted by molar-refractivity contribution is 7.80. The van der Waals surface area contributed by atoms with Gasteiger partial charge in [-0.1, -0.05) is 80.6 Å². The molecule has 102 valence electrons. The zero-order valence-electron chi connectivity index (χ0n) is 12.1. The summed E-state index contributed by atoms with van der Waals surface area (Å²) in [6.45, 7) is 7.13. The molecular formula is C17H24SSi. The maximum atomic E-state index is 4.63. The van der Waals surface area contributed by atoms with Gasteiger partial charge in [0.25, 0.3) is 0 Å². The molecule has 0 spiro atoms. The molecule has 0 saturated heterocycles. The summed E-state index contributed by atoms with van der Waals surface area (Å²) in [5.74, 6) is 1.60. The fourth-order valence-corrected chi connectivity index (χ4v) is 8.00. The average molecular weight is 289 g/mol. The van der Waals surface area contributed by atoms with E-state index in [1.165, 1.54) is 0 Å². The van der Waals surface area contributed by atoms with Gasteiger partial charge < -0.3 is 0 Å². The van der Waals surface area contributed by atoms with Crippen LogP contribution < -0.4 is 5.19 Å². The summed E-state index contributed by atoms with van der Waals surface area (Å²) < 4.78 is 0. The lowest BCUT2D eigenvalue weighted by Gasteiger charge is -2.39. The summed E-state index contributed by atoms with van der Waals surface area (Å²) in [5.41, 5.74) is 0.689. The van der Waals surface area contributed by atoms with Crippen molar-refractivity contribution < 1.29 is 0 Å². The predicted octanol–water partition coefficient (Wildman–Crippen LogP) is 3.96. The molecule has 3 atom stereocenters. The van der Waals surface area contributed by atoms with Crippen LogP contribution in [0.5, 0.6) is 0 Å². The van der Waals surface area contributed by atoms with Crippen LogP contribution in [0, 0.1) is 5.92 Å². The Balaban J connectivity index is 2.41. The zero-order valence-corrected chi connectivity index (χ0v) is 14.1. The third-order valence-electron chi connectivity index (χ3n) is 4.26. The summed E-state index contributed by atoms with van der Waals surface area (Å²) in [4.78, 5) is 0. The SMILES string of the molecule is CC1C=CC=CC1[SiH](c1ccccc1)C(C)(C)CS. The quantitative estimate of drug-likeness (QED) is 0.629. The number of benzene rings is 1. The summed E-state index contributed by atoms with van der Waals surface area (Å²) >= 11 is 4.63. The van der Waals surface area contributed by atoms with Crippen LogP contribution in [0.25, 0.3) is 0 Å². The Hall–Kier alpha value is -0.733. The van der Waals surface area contributed by atoms with E-state index in [1.54, 1.807) is 5.19 Å². The number of hydrogen-bond donors (Lipinski definition) is 1. The number of allylic oxidation sites excluding steroid dienone is 4. The first-order valence-corrected chi connectivity index (χ1v) is 9.52. The Morgan fingerprint density at radius 1 is 1.11 bits per heavy atom. The predicted molar refractivity (Wildman–Crippen MR) is 92.3 cm³/mol. The van der Waals surface area contributed by atoms with Gasteiger partial charge in [0, 0.05) is 0 Å². The van der Waals surface area contributed by atoms with Crippen LogP contribution in [-0.2, 0) is 0 Å². The van der Waals surface area contributed by atoms with Gasteiger partial charge >= 0.3 is 0 Å². The Kier molecular flexibility index (Phi) is 4.75. The summed E-state index contributed by atoms with van der Waals surface area (Å²) in [5, 5.41) is 1.89. The molecule has 3 unspecified atom stereocenters. The minimum Gasteiger partial charge on any atom is -0.179 e. The standard InChI is InChI=1S/C17H24SSi/c1-14-9-7-8-12-16(14)19(17(2,3)13-18)15-10-5-4-6-11-15/h4-12,14,16,18-19H,13H2,1-3H3. The molecule has 0 fully saturated rings. The van der Waals surface area contributed by atoms with Crippen LogP contribution in [0.1, 0.15) is 20.8 Å². The van der Waals surface area contributed by atoms with Crippen molar-refractivity contribution >= 4 is 26.6 Å². The van der Waals surface area contributed by atoms with Gasteiger partial charge in [0.15, 0.2) is 0 Å². The first-order valence-electron chi connectivity index (χ1n) is 7.07. The van der Waals surface area contributed by atoms with E-state index in [0.717, 1.165) is 5.75 Å². The number of rotatable bonds is 4. The minimum atomic E-state index is -1.15. The molecule has 0 radical (unpaired) electrons. The Bertz CT molecular complexity index is 461. The lowest BCUT2D eigenvalue weighted by atomic mass is 10.0. The molecule has 0 amide bonds. The summed E-state index contributed by atoms with van der Waals surface area (Å²) in [7, 11) is -1.15. The first-order chi connectivity index (χ1) is 9.06. The van der Waals surface area contributed by atoms with Crippen molar-refractivity contribution in [2.45, 2.75) is 31.4 Å². The molecule has 0 bridgehead atoms. The molecule has 0 aromatic heterocycles. The largest absolute Gasteiger partial charge is 0.179 e. The van der Waals surface area contributed by atoms with Gasteiger partial charge in [-0.3, -0.25) is 0 Å². The van der Waals surface area contributed by atoms with Gasteiger partial charge in [0.1, 0.15) is 0 Å². The van der Waals surface area contributed by atoms with Gasteiger partial charge in [0.2, 0.25) is 0 Å². The topological polar surface area (TPSA) is 0 Å².